The minimum atomic E-state index is -0.192. The minimum absolute atomic E-state index is 0.0634. The molecule has 0 fully saturated rings. The van der Waals surface area contributed by atoms with Crippen LogP contribution >= 0.6 is 15.9 Å². The zero-order valence-electron chi connectivity index (χ0n) is 12.5. The van der Waals surface area contributed by atoms with Gasteiger partial charge in [0.05, 0.1) is 16.6 Å². The smallest absolute Gasteiger partial charge is 0.255 e. The molecule has 0 aliphatic heterocycles. The van der Waals surface area contributed by atoms with Gasteiger partial charge in [0.25, 0.3) is 5.91 Å². The van der Waals surface area contributed by atoms with Crippen LogP contribution in [0.2, 0.25) is 0 Å². The number of nitrogen functional groups attached to an aromatic ring is 1. The van der Waals surface area contributed by atoms with Crippen LogP contribution in [0.15, 0.2) is 22.7 Å². The molecule has 0 unspecified atom stereocenters. The third-order valence-electron chi connectivity index (χ3n) is 2.95. The van der Waals surface area contributed by atoms with E-state index in [1.807, 2.05) is 13.8 Å². The van der Waals surface area contributed by atoms with Gasteiger partial charge in [0.15, 0.2) is 0 Å². The monoisotopic (exact) mass is 355 g/mol. The molecule has 0 atom stereocenters. The Morgan fingerprint density at radius 1 is 1.29 bits per heavy atom. The number of carbonyl (C=O) groups excluding carboxylic acids is 2. The number of amides is 2. The molecule has 6 heteroatoms. The fraction of sp³-hybridized carbons (Fsp3) is 0.467. The summed E-state index contributed by atoms with van der Waals surface area (Å²) in [6.07, 6.45) is 1.65. The van der Waals surface area contributed by atoms with E-state index in [0.717, 1.165) is 12.8 Å². The summed E-state index contributed by atoms with van der Waals surface area (Å²) in [5.74, 6) is -0.332. The lowest BCUT2D eigenvalue weighted by atomic mass is 10.1. The van der Waals surface area contributed by atoms with E-state index >= 15 is 0 Å². The second-order valence-electron chi connectivity index (χ2n) is 4.79. The van der Waals surface area contributed by atoms with Crippen molar-refractivity contribution in [1.29, 1.82) is 0 Å². The number of rotatable bonds is 7. The lowest BCUT2D eigenvalue weighted by molar-refractivity contribution is -0.121. The van der Waals surface area contributed by atoms with Gasteiger partial charge in [0.2, 0.25) is 5.91 Å². The minimum Gasteiger partial charge on any atom is -0.398 e. The number of nitrogens with one attached hydrogen (secondary N) is 1. The molecule has 21 heavy (non-hydrogen) atoms. The van der Waals surface area contributed by atoms with Crippen molar-refractivity contribution in [3.63, 3.8) is 0 Å². The zero-order valence-corrected chi connectivity index (χ0v) is 14.1. The number of nitrogens with two attached hydrogens (primary N) is 1. The molecule has 0 radical (unpaired) electrons. The average molecular weight is 356 g/mol. The Balaban J connectivity index is 2.86. The van der Waals surface area contributed by atoms with Gasteiger partial charge in [-0.1, -0.05) is 19.9 Å². The van der Waals surface area contributed by atoms with Crippen LogP contribution in [0.1, 0.15) is 37.0 Å². The summed E-state index contributed by atoms with van der Waals surface area (Å²) in [6, 6.07) is 5.16. The maximum absolute atomic E-state index is 12.6. The van der Waals surface area contributed by atoms with Crippen LogP contribution in [0.4, 0.5) is 5.69 Å². The van der Waals surface area contributed by atoms with Crippen molar-refractivity contribution >= 4 is 33.4 Å². The van der Waals surface area contributed by atoms with E-state index in [-0.39, 0.29) is 18.4 Å². The molecule has 0 aromatic heterocycles. The molecule has 1 aromatic carbocycles. The highest BCUT2D eigenvalue weighted by Crippen LogP contribution is 2.25. The lowest BCUT2D eigenvalue weighted by Gasteiger charge is -2.22. The third-order valence-corrected chi connectivity index (χ3v) is 3.83. The number of benzene rings is 1. The van der Waals surface area contributed by atoms with Crippen LogP contribution in [-0.2, 0) is 4.79 Å². The van der Waals surface area contributed by atoms with Crippen LogP contribution < -0.4 is 11.1 Å². The lowest BCUT2D eigenvalue weighted by Crippen LogP contribution is -2.41. The largest absolute Gasteiger partial charge is 0.398 e. The SMILES string of the molecule is CCCNC(=O)CN(CCC)C(=O)c1cccc(N)c1Br. The molecule has 1 rings (SSSR count). The number of nitrogens with zero attached hydrogens (tertiary/aromatic N) is 1. The molecule has 0 aliphatic carbocycles. The van der Waals surface area contributed by atoms with Crippen molar-refractivity contribution in [2.24, 2.45) is 0 Å². The molecule has 0 heterocycles. The van der Waals surface area contributed by atoms with Crippen molar-refractivity contribution in [3.05, 3.63) is 28.2 Å². The summed E-state index contributed by atoms with van der Waals surface area (Å²) in [7, 11) is 0. The van der Waals surface area contributed by atoms with Crippen molar-refractivity contribution in [2.45, 2.75) is 26.7 Å². The molecule has 116 valence electrons. The van der Waals surface area contributed by atoms with E-state index < -0.39 is 0 Å². The summed E-state index contributed by atoms with van der Waals surface area (Å²) < 4.78 is 0.574. The second kappa shape index (κ2) is 8.67. The van der Waals surface area contributed by atoms with E-state index in [1.165, 1.54) is 0 Å². The van der Waals surface area contributed by atoms with Gasteiger partial charge < -0.3 is 16.0 Å². The summed E-state index contributed by atoms with van der Waals surface area (Å²) in [6.45, 7) is 5.17. The van der Waals surface area contributed by atoms with E-state index in [9.17, 15) is 9.59 Å². The first-order valence-electron chi connectivity index (χ1n) is 7.11. The average Bonchev–Trinajstić information content (AvgIpc) is 2.47. The third kappa shape index (κ3) is 5.04. The number of halogens is 1. The maximum Gasteiger partial charge on any atom is 0.255 e. The molecule has 0 saturated heterocycles. The fourth-order valence-corrected chi connectivity index (χ4v) is 2.34. The van der Waals surface area contributed by atoms with Crippen molar-refractivity contribution in [3.8, 4) is 0 Å². The summed E-state index contributed by atoms with van der Waals surface area (Å²) >= 11 is 3.34. The topological polar surface area (TPSA) is 75.4 Å². The first-order valence-corrected chi connectivity index (χ1v) is 7.90. The maximum atomic E-state index is 12.6. The first kappa shape index (κ1) is 17.5. The van der Waals surface area contributed by atoms with Crippen LogP contribution in [0.3, 0.4) is 0 Å². The highest BCUT2D eigenvalue weighted by atomic mass is 79.9. The van der Waals surface area contributed by atoms with E-state index in [2.05, 4.69) is 21.2 Å². The first-order chi connectivity index (χ1) is 10.0. The normalized spacial score (nSPS) is 10.2. The van der Waals surface area contributed by atoms with Crippen molar-refractivity contribution in [1.82, 2.24) is 10.2 Å². The molecule has 5 nitrogen and oxygen atoms in total. The molecule has 3 N–H and O–H groups in total. The molecule has 0 spiro atoms. The second-order valence-corrected chi connectivity index (χ2v) is 5.58. The Labute approximate surface area is 134 Å². The molecule has 0 aliphatic rings. The van der Waals surface area contributed by atoms with Gasteiger partial charge in [-0.2, -0.15) is 0 Å². The number of hydrogen-bond acceptors (Lipinski definition) is 3. The van der Waals surface area contributed by atoms with E-state index in [0.29, 0.717) is 28.8 Å². The number of carbonyl (C=O) groups is 2. The standard InChI is InChI=1S/C15H22BrN3O2/c1-3-8-18-13(20)10-19(9-4-2)15(21)11-6-5-7-12(17)14(11)16/h5-7H,3-4,8-10,17H2,1-2H3,(H,18,20). The van der Waals surface area contributed by atoms with Gasteiger partial charge in [0, 0.05) is 18.8 Å². The van der Waals surface area contributed by atoms with Crippen LogP contribution in [-0.4, -0.2) is 36.3 Å². The predicted molar refractivity (Wildman–Crippen MR) is 88.0 cm³/mol. The summed E-state index contributed by atoms with van der Waals surface area (Å²) in [4.78, 5) is 26.0. The van der Waals surface area contributed by atoms with Gasteiger partial charge in [-0.3, -0.25) is 9.59 Å². The van der Waals surface area contributed by atoms with Gasteiger partial charge >= 0.3 is 0 Å². The summed E-state index contributed by atoms with van der Waals surface area (Å²) in [5, 5.41) is 2.78. The Morgan fingerprint density at radius 3 is 2.62 bits per heavy atom. The molecular formula is C15H22BrN3O2. The van der Waals surface area contributed by atoms with E-state index in [4.69, 9.17) is 5.73 Å². The fourth-order valence-electron chi connectivity index (χ4n) is 1.90. The molecule has 2 amide bonds. The van der Waals surface area contributed by atoms with Crippen molar-refractivity contribution < 1.29 is 9.59 Å². The highest BCUT2D eigenvalue weighted by Gasteiger charge is 2.20. The Bertz CT molecular complexity index is 506. The predicted octanol–water partition coefficient (Wildman–Crippen LogP) is 2.41. The number of anilines is 1. The number of hydrogen-bond donors (Lipinski definition) is 2. The molecule has 1 aromatic rings. The van der Waals surface area contributed by atoms with Crippen molar-refractivity contribution in [2.75, 3.05) is 25.4 Å². The van der Waals surface area contributed by atoms with Crippen LogP contribution in [0.25, 0.3) is 0 Å². The van der Waals surface area contributed by atoms with Gasteiger partial charge in [-0.25, -0.2) is 0 Å². The molecular weight excluding hydrogens is 334 g/mol. The van der Waals surface area contributed by atoms with Gasteiger partial charge in [-0.15, -0.1) is 0 Å². The Kier molecular flexibility index (Phi) is 7.22. The van der Waals surface area contributed by atoms with Gasteiger partial charge in [0.1, 0.15) is 0 Å². The Hall–Kier alpha value is -1.56. The van der Waals surface area contributed by atoms with Gasteiger partial charge in [-0.05, 0) is 40.9 Å². The summed E-state index contributed by atoms with van der Waals surface area (Å²) in [5.41, 5.74) is 6.79. The molecule has 0 bridgehead atoms. The van der Waals surface area contributed by atoms with Crippen LogP contribution in [0.5, 0.6) is 0 Å². The zero-order chi connectivity index (χ0) is 15.8. The van der Waals surface area contributed by atoms with E-state index in [1.54, 1.807) is 23.1 Å². The quantitative estimate of drug-likeness (QED) is 0.737. The molecule has 0 saturated carbocycles. The Morgan fingerprint density at radius 2 is 2.00 bits per heavy atom. The highest BCUT2D eigenvalue weighted by molar-refractivity contribution is 9.10. The van der Waals surface area contributed by atoms with Crippen LogP contribution in [0, 0.1) is 0 Å².